The summed E-state index contributed by atoms with van der Waals surface area (Å²) in [7, 11) is -3.54. The van der Waals surface area contributed by atoms with Gasteiger partial charge in [-0.15, -0.1) is 0 Å². The predicted molar refractivity (Wildman–Crippen MR) is 104 cm³/mol. The minimum atomic E-state index is -3.54. The molecule has 0 aliphatic heterocycles. The fourth-order valence-electron chi connectivity index (χ4n) is 3.09. The third-order valence-corrected chi connectivity index (χ3v) is 8.92. The second kappa shape index (κ2) is 9.26. The van der Waals surface area contributed by atoms with Crippen LogP contribution in [-0.2, 0) is 15.8 Å². The standard InChI is InChI=1S/C20H35FO3Si/c1-19(2,3)25(21,20(4,5)6)24-18(12-14-22)13-15-23-16-17-10-8-7-9-11-17/h7-11,18,22H,12-16H2,1-6H3. The van der Waals surface area contributed by atoms with Crippen molar-refractivity contribution in [2.24, 2.45) is 0 Å². The zero-order valence-electron chi connectivity index (χ0n) is 16.6. The van der Waals surface area contributed by atoms with Crippen molar-refractivity contribution in [1.29, 1.82) is 0 Å². The van der Waals surface area contributed by atoms with Crippen LogP contribution in [-0.4, -0.2) is 33.1 Å². The van der Waals surface area contributed by atoms with E-state index in [1.165, 1.54) is 0 Å². The van der Waals surface area contributed by atoms with Crippen molar-refractivity contribution in [3.8, 4) is 0 Å². The number of hydrogen-bond acceptors (Lipinski definition) is 3. The lowest BCUT2D eigenvalue weighted by molar-refractivity contribution is 0.0533. The van der Waals surface area contributed by atoms with Crippen molar-refractivity contribution in [2.45, 2.75) is 77.2 Å². The topological polar surface area (TPSA) is 38.7 Å². The monoisotopic (exact) mass is 370 g/mol. The van der Waals surface area contributed by atoms with E-state index in [1.807, 2.05) is 71.9 Å². The summed E-state index contributed by atoms with van der Waals surface area (Å²) in [5.74, 6) is 0. The van der Waals surface area contributed by atoms with Crippen LogP contribution >= 0.6 is 0 Å². The van der Waals surface area contributed by atoms with Gasteiger partial charge in [-0.1, -0.05) is 71.9 Å². The fourth-order valence-corrected chi connectivity index (χ4v) is 6.75. The first kappa shape index (κ1) is 22.3. The second-order valence-corrected chi connectivity index (χ2v) is 13.1. The molecule has 144 valence electrons. The molecule has 0 spiro atoms. The van der Waals surface area contributed by atoms with Crippen LogP contribution in [0.2, 0.25) is 10.1 Å². The summed E-state index contributed by atoms with van der Waals surface area (Å²) in [5.41, 5.74) is 1.11. The first-order chi connectivity index (χ1) is 11.5. The largest absolute Gasteiger partial charge is 0.396 e. The van der Waals surface area contributed by atoms with Crippen LogP contribution in [0.4, 0.5) is 4.11 Å². The van der Waals surface area contributed by atoms with Gasteiger partial charge in [0.05, 0.1) is 12.7 Å². The Morgan fingerprint density at radius 2 is 1.56 bits per heavy atom. The molecular weight excluding hydrogens is 335 g/mol. The maximum absolute atomic E-state index is 15.9. The highest BCUT2D eigenvalue weighted by Crippen LogP contribution is 2.53. The summed E-state index contributed by atoms with van der Waals surface area (Å²) in [5, 5.41) is 8.27. The van der Waals surface area contributed by atoms with Crippen LogP contribution in [0.15, 0.2) is 30.3 Å². The zero-order chi connectivity index (χ0) is 19.1. The molecule has 0 heterocycles. The molecule has 25 heavy (non-hydrogen) atoms. The van der Waals surface area contributed by atoms with E-state index in [-0.39, 0.29) is 12.7 Å². The summed E-state index contributed by atoms with van der Waals surface area (Å²) in [6.07, 6.45) is 0.688. The summed E-state index contributed by atoms with van der Waals surface area (Å²) in [6.45, 7) is 12.5. The summed E-state index contributed by atoms with van der Waals surface area (Å²) >= 11 is 0. The maximum atomic E-state index is 15.9. The Kier molecular flexibility index (Phi) is 8.26. The average molecular weight is 371 g/mol. The number of hydrogen-bond donors (Lipinski definition) is 1. The van der Waals surface area contributed by atoms with E-state index in [4.69, 9.17) is 9.16 Å². The van der Waals surface area contributed by atoms with Crippen molar-refractivity contribution in [1.82, 2.24) is 0 Å². The van der Waals surface area contributed by atoms with Gasteiger partial charge < -0.3 is 14.3 Å². The molecule has 0 amide bonds. The van der Waals surface area contributed by atoms with Crippen LogP contribution in [0.25, 0.3) is 0 Å². The lowest BCUT2D eigenvalue weighted by Gasteiger charge is -2.45. The number of aliphatic hydroxyl groups excluding tert-OH is 1. The molecule has 0 radical (unpaired) electrons. The molecule has 0 fully saturated rings. The van der Waals surface area contributed by atoms with Gasteiger partial charge in [-0.05, 0) is 18.4 Å². The smallest absolute Gasteiger partial charge is 0.394 e. The Labute approximate surface area is 153 Å². The number of ether oxygens (including phenoxy) is 1. The molecule has 3 nitrogen and oxygen atoms in total. The molecule has 1 aromatic carbocycles. The summed E-state index contributed by atoms with van der Waals surface area (Å²) < 4.78 is 27.8. The van der Waals surface area contributed by atoms with Crippen LogP contribution in [0, 0.1) is 0 Å². The van der Waals surface area contributed by atoms with Crippen molar-refractivity contribution in [3.05, 3.63) is 35.9 Å². The molecule has 0 saturated carbocycles. The van der Waals surface area contributed by atoms with Gasteiger partial charge in [-0.2, -0.15) is 0 Å². The molecule has 0 aliphatic rings. The Hall–Kier alpha value is -0.753. The minimum Gasteiger partial charge on any atom is -0.396 e. The molecular formula is C20H35FO3Si. The first-order valence-electron chi connectivity index (χ1n) is 9.10. The lowest BCUT2D eigenvalue weighted by Crippen LogP contribution is -2.53. The fraction of sp³-hybridized carbons (Fsp3) is 0.700. The van der Waals surface area contributed by atoms with Gasteiger partial charge in [0.25, 0.3) is 0 Å². The van der Waals surface area contributed by atoms with Crippen molar-refractivity contribution < 1.29 is 18.4 Å². The Morgan fingerprint density at radius 1 is 1.00 bits per heavy atom. The Balaban J connectivity index is 2.65. The Bertz CT molecular complexity index is 480. The quantitative estimate of drug-likeness (QED) is 0.361. The maximum Gasteiger partial charge on any atom is 0.394 e. The SMILES string of the molecule is CC(C)(C)[Si](F)(OC(CCO)CCOCc1ccccc1)C(C)(C)C. The van der Waals surface area contributed by atoms with E-state index in [2.05, 4.69) is 0 Å². The molecule has 0 aliphatic carbocycles. The highest BCUT2D eigenvalue weighted by molar-refractivity contribution is 6.72. The van der Waals surface area contributed by atoms with E-state index in [1.54, 1.807) is 0 Å². The molecule has 1 aromatic rings. The van der Waals surface area contributed by atoms with Crippen molar-refractivity contribution >= 4 is 8.65 Å². The minimum absolute atomic E-state index is 0.0118. The summed E-state index contributed by atoms with van der Waals surface area (Å²) in [4.78, 5) is 0. The normalized spacial score (nSPS) is 14.6. The zero-order valence-corrected chi connectivity index (χ0v) is 17.6. The van der Waals surface area contributed by atoms with E-state index in [9.17, 15) is 5.11 Å². The third-order valence-electron chi connectivity index (χ3n) is 4.41. The lowest BCUT2D eigenvalue weighted by atomic mass is 10.2. The highest BCUT2D eigenvalue weighted by Gasteiger charge is 2.58. The molecule has 1 rings (SSSR count). The van der Waals surface area contributed by atoms with E-state index in [0.29, 0.717) is 26.1 Å². The van der Waals surface area contributed by atoms with Crippen LogP contribution in [0.1, 0.15) is 59.9 Å². The molecule has 1 atom stereocenters. The van der Waals surface area contributed by atoms with Crippen LogP contribution in [0.3, 0.4) is 0 Å². The van der Waals surface area contributed by atoms with Crippen molar-refractivity contribution in [3.63, 3.8) is 0 Å². The van der Waals surface area contributed by atoms with Gasteiger partial charge in [0.2, 0.25) is 0 Å². The van der Waals surface area contributed by atoms with E-state index >= 15 is 4.11 Å². The van der Waals surface area contributed by atoms with Gasteiger partial charge in [0, 0.05) is 23.3 Å². The molecule has 0 bridgehead atoms. The first-order valence-corrected chi connectivity index (χ1v) is 10.9. The molecule has 5 heteroatoms. The number of benzene rings is 1. The summed E-state index contributed by atoms with van der Waals surface area (Å²) in [6, 6.07) is 9.96. The van der Waals surface area contributed by atoms with Crippen LogP contribution in [0.5, 0.6) is 0 Å². The van der Waals surface area contributed by atoms with E-state index in [0.717, 1.165) is 5.56 Å². The molecule has 0 aromatic heterocycles. The average Bonchev–Trinajstić information content (AvgIpc) is 2.50. The third kappa shape index (κ3) is 6.48. The second-order valence-electron chi connectivity index (χ2n) is 8.67. The molecule has 1 N–H and O–H groups in total. The molecule has 1 unspecified atom stereocenters. The van der Waals surface area contributed by atoms with Crippen molar-refractivity contribution in [2.75, 3.05) is 13.2 Å². The highest BCUT2D eigenvalue weighted by atomic mass is 28.4. The predicted octanol–water partition coefficient (Wildman–Crippen LogP) is 5.37. The van der Waals surface area contributed by atoms with Gasteiger partial charge in [-0.3, -0.25) is 4.11 Å². The van der Waals surface area contributed by atoms with Gasteiger partial charge in [0.15, 0.2) is 0 Å². The van der Waals surface area contributed by atoms with Gasteiger partial charge in [-0.25, -0.2) is 0 Å². The number of aliphatic hydroxyl groups is 1. The van der Waals surface area contributed by atoms with Gasteiger partial charge >= 0.3 is 8.65 Å². The molecule has 0 saturated heterocycles. The van der Waals surface area contributed by atoms with E-state index < -0.39 is 18.7 Å². The number of halogens is 1. The van der Waals surface area contributed by atoms with Crippen LogP contribution < -0.4 is 0 Å². The number of rotatable bonds is 9. The Morgan fingerprint density at radius 3 is 2.04 bits per heavy atom. The van der Waals surface area contributed by atoms with Gasteiger partial charge in [0.1, 0.15) is 0 Å².